The van der Waals surface area contributed by atoms with Gasteiger partial charge in [-0.15, -0.1) is 0 Å². The Morgan fingerprint density at radius 1 is 1.50 bits per heavy atom. The fraction of sp³-hybridized carbons (Fsp3) is 0.500. The molecular weight excluding hydrogens is 232 g/mol. The van der Waals surface area contributed by atoms with Crippen LogP contribution in [0.5, 0.6) is 0 Å². The van der Waals surface area contributed by atoms with E-state index in [1.54, 1.807) is 12.5 Å². The van der Waals surface area contributed by atoms with Crippen LogP contribution in [0.1, 0.15) is 37.3 Å². The Bertz CT molecular complexity index is 499. The second-order valence-corrected chi connectivity index (χ2v) is 4.38. The van der Waals surface area contributed by atoms with E-state index in [0.29, 0.717) is 12.2 Å². The summed E-state index contributed by atoms with van der Waals surface area (Å²) >= 11 is 0. The van der Waals surface area contributed by atoms with E-state index in [4.69, 9.17) is 11.6 Å². The molecular formula is C10H18N8. The normalized spacial score (nSPS) is 13.1. The van der Waals surface area contributed by atoms with E-state index in [9.17, 15) is 0 Å². The van der Waals surface area contributed by atoms with Gasteiger partial charge in [0.2, 0.25) is 0 Å². The summed E-state index contributed by atoms with van der Waals surface area (Å²) in [5.74, 6) is 6.93. The highest BCUT2D eigenvalue weighted by molar-refractivity contribution is 5.39. The van der Waals surface area contributed by atoms with Gasteiger partial charge >= 0.3 is 0 Å². The standard InChI is InChI=1S/C10H18N8/c1-6(2)18-9(13-5-15-18)3-8(16-12)7-4-14-17-10(7)11/h4-6,8,16H,3,12H2,1-2H3,(H3,11,14,17). The van der Waals surface area contributed by atoms with Gasteiger partial charge < -0.3 is 5.73 Å². The predicted octanol–water partition coefficient (Wildman–Crippen LogP) is -0.0886. The number of rotatable bonds is 5. The van der Waals surface area contributed by atoms with E-state index in [1.807, 2.05) is 4.68 Å². The SMILES string of the molecule is CC(C)n1ncnc1CC(NN)c1cn[nH]c1N. The second-order valence-electron chi connectivity index (χ2n) is 4.38. The molecule has 2 rings (SSSR count). The van der Waals surface area contributed by atoms with Crippen molar-refractivity contribution in [3.05, 3.63) is 23.9 Å². The Hall–Kier alpha value is -1.93. The molecule has 0 aliphatic heterocycles. The van der Waals surface area contributed by atoms with Gasteiger partial charge in [0.05, 0.1) is 12.2 Å². The Kier molecular flexibility index (Phi) is 3.58. The molecule has 1 atom stereocenters. The minimum absolute atomic E-state index is 0.148. The monoisotopic (exact) mass is 250 g/mol. The number of hydrazine groups is 1. The Labute approximate surface area is 105 Å². The van der Waals surface area contributed by atoms with Crippen LogP contribution in [0.25, 0.3) is 0 Å². The molecule has 0 spiro atoms. The van der Waals surface area contributed by atoms with Gasteiger partial charge in [-0.2, -0.15) is 10.2 Å². The maximum atomic E-state index is 5.79. The van der Waals surface area contributed by atoms with Gasteiger partial charge in [0.15, 0.2) is 0 Å². The molecule has 1 unspecified atom stereocenters. The molecule has 0 fully saturated rings. The van der Waals surface area contributed by atoms with E-state index < -0.39 is 0 Å². The number of nitrogen functional groups attached to an aromatic ring is 1. The number of aromatic nitrogens is 5. The highest BCUT2D eigenvalue weighted by atomic mass is 15.3. The van der Waals surface area contributed by atoms with Crippen LogP contribution in [0.4, 0.5) is 5.82 Å². The van der Waals surface area contributed by atoms with Gasteiger partial charge in [0.1, 0.15) is 18.0 Å². The number of anilines is 1. The molecule has 98 valence electrons. The largest absolute Gasteiger partial charge is 0.384 e. The van der Waals surface area contributed by atoms with E-state index >= 15 is 0 Å². The van der Waals surface area contributed by atoms with Crippen LogP contribution in [0.15, 0.2) is 12.5 Å². The summed E-state index contributed by atoms with van der Waals surface area (Å²) in [4.78, 5) is 4.25. The number of aromatic amines is 1. The first-order valence-electron chi connectivity index (χ1n) is 5.76. The van der Waals surface area contributed by atoms with Crippen LogP contribution in [-0.4, -0.2) is 25.0 Å². The topological polar surface area (TPSA) is 123 Å². The fourth-order valence-electron chi connectivity index (χ4n) is 1.88. The Morgan fingerprint density at radius 2 is 2.28 bits per heavy atom. The average Bonchev–Trinajstić information content (AvgIpc) is 2.94. The third-order valence-electron chi connectivity index (χ3n) is 2.80. The van der Waals surface area contributed by atoms with Crippen molar-refractivity contribution >= 4 is 5.82 Å². The average molecular weight is 250 g/mol. The summed E-state index contributed by atoms with van der Waals surface area (Å²) in [7, 11) is 0. The molecule has 0 aliphatic carbocycles. The van der Waals surface area contributed by atoms with E-state index in [2.05, 4.69) is 39.6 Å². The molecule has 6 N–H and O–H groups in total. The molecule has 18 heavy (non-hydrogen) atoms. The number of hydrogen-bond acceptors (Lipinski definition) is 6. The van der Waals surface area contributed by atoms with Crippen LogP contribution >= 0.6 is 0 Å². The number of nitrogens with two attached hydrogens (primary N) is 2. The minimum atomic E-state index is -0.148. The number of nitrogens with one attached hydrogen (secondary N) is 2. The zero-order valence-corrected chi connectivity index (χ0v) is 10.5. The Balaban J connectivity index is 2.21. The molecule has 0 saturated heterocycles. The first kappa shape index (κ1) is 12.5. The second kappa shape index (κ2) is 5.15. The smallest absolute Gasteiger partial charge is 0.138 e. The van der Waals surface area contributed by atoms with Crippen LogP contribution in [-0.2, 0) is 6.42 Å². The molecule has 0 aromatic carbocycles. The van der Waals surface area contributed by atoms with Gasteiger partial charge in [-0.3, -0.25) is 16.4 Å². The lowest BCUT2D eigenvalue weighted by Gasteiger charge is -2.16. The summed E-state index contributed by atoms with van der Waals surface area (Å²) in [5, 5.41) is 10.8. The third-order valence-corrected chi connectivity index (χ3v) is 2.80. The number of H-pyrrole nitrogens is 1. The molecule has 8 heteroatoms. The zero-order chi connectivity index (χ0) is 13.1. The van der Waals surface area contributed by atoms with Gasteiger partial charge in [-0.1, -0.05) is 0 Å². The molecule has 0 amide bonds. The van der Waals surface area contributed by atoms with Crippen molar-refractivity contribution in [2.45, 2.75) is 32.4 Å². The highest BCUT2D eigenvalue weighted by Crippen LogP contribution is 2.21. The van der Waals surface area contributed by atoms with Gasteiger partial charge in [-0.05, 0) is 13.8 Å². The van der Waals surface area contributed by atoms with Gasteiger partial charge in [-0.25, -0.2) is 9.67 Å². The summed E-state index contributed by atoms with van der Waals surface area (Å²) in [6.45, 7) is 4.10. The summed E-state index contributed by atoms with van der Waals surface area (Å²) in [5.41, 5.74) is 9.35. The lowest BCUT2D eigenvalue weighted by atomic mass is 10.1. The fourth-order valence-corrected chi connectivity index (χ4v) is 1.88. The molecule has 0 saturated carbocycles. The highest BCUT2D eigenvalue weighted by Gasteiger charge is 2.19. The quantitative estimate of drug-likeness (QED) is 0.434. The maximum absolute atomic E-state index is 5.79. The van der Waals surface area contributed by atoms with Crippen molar-refractivity contribution < 1.29 is 0 Å². The van der Waals surface area contributed by atoms with E-state index in [-0.39, 0.29) is 12.1 Å². The lowest BCUT2D eigenvalue weighted by Crippen LogP contribution is -2.31. The lowest BCUT2D eigenvalue weighted by molar-refractivity contribution is 0.469. The minimum Gasteiger partial charge on any atom is -0.384 e. The van der Waals surface area contributed by atoms with Crippen molar-refractivity contribution in [2.24, 2.45) is 5.84 Å². The molecule has 0 bridgehead atoms. The molecule has 2 aromatic rings. The van der Waals surface area contributed by atoms with E-state index in [1.165, 1.54) is 0 Å². The molecule has 0 aliphatic rings. The molecule has 2 heterocycles. The molecule has 2 aromatic heterocycles. The summed E-state index contributed by atoms with van der Waals surface area (Å²) in [6.07, 6.45) is 3.80. The first-order chi connectivity index (χ1) is 8.63. The molecule has 0 radical (unpaired) electrons. The van der Waals surface area contributed by atoms with Crippen molar-refractivity contribution in [1.82, 2.24) is 30.4 Å². The molecule has 8 nitrogen and oxygen atoms in total. The van der Waals surface area contributed by atoms with Crippen molar-refractivity contribution in [2.75, 3.05) is 5.73 Å². The van der Waals surface area contributed by atoms with Crippen molar-refractivity contribution in [3.63, 3.8) is 0 Å². The van der Waals surface area contributed by atoms with Gasteiger partial charge in [0, 0.05) is 18.0 Å². The van der Waals surface area contributed by atoms with Crippen LogP contribution in [0, 0.1) is 0 Å². The predicted molar refractivity (Wildman–Crippen MR) is 67.2 cm³/mol. The number of nitrogens with zero attached hydrogens (tertiary/aromatic N) is 4. The summed E-state index contributed by atoms with van der Waals surface area (Å²) < 4.78 is 1.86. The Morgan fingerprint density at radius 3 is 2.83 bits per heavy atom. The van der Waals surface area contributed by atoms with Crippen molar-refractivity contribution in [3.8, 4) is 0 Å². The maximum Gasteiger partial charge on any atom is 0.138 e. The van der Waals surface area contributed by atoms with Crippen molar-refractivity contribution in [1.29, 1.82) is 0 Å². The third kappa shape index (κ3) is 2.34. The zero-order valence-electron chi connectivity index (χ0n) is 10.5. The number of hydrogen-bond donors (Lipinski definition) is 4. The van der Waals surface area contributed by atoms with E-state index in [0.717, 1.165) is 11.4 Å². The first-order valence-corrected chi connectivity index (χ1v) is 5.76. The van der Waals surface area contributed by atoms with Crippen LogP contribution in [0.3, 0.4) is 0 Å². The van der Waals surface area contributed by atoms with Gasteiger partial charge in [0.25, 0.3) is 0 Å². The van der Waals surface area contributed by atoms with Crippen LogP contribution < -0.4 is 17.0 Å². The van der Waals surface area contributed by atoms with Crippen LogP contribution in [0.2, 0.25) is 0 Å². The summed E-state index contributed by atoms with van der Waals surface area (Å²) in [6, 6.07) is 0.105.